The Morgan fingerprint density at radius 3 is 2.65 bits per heavy atom. The fraction of sp³-hybridized carbons (Fsp3) is 0.296. The predicted molar refractivity (Wildman–Crippen MR) is 145 cm³/mol. The molecule has 3 amide bonds. The number of ether oxygens (including phenoxy) is 2. The summed E-state index contributed by atoms with van der Waals surface area (Å²) in [4.78, 5) is 42.1. The van der Waals surface area contributed by atoms with Crippen LogP contribution in [0.15, 0.2) is 64.5 Å². The zero-order valence-electron chi connectivity index (χ0n) is 20.2. The monoisotopic (exact) mass is 583 g/mol. The average molecular weight is 584 g/mol. The molecule has 2 atom stereocenters. The maximum Gasteiger partial charge on any atom is 0.413 e. The van der Waals surface area contributed by atoms with Gasteiger partial charge in [-0.1, -0.05) is 41.7 Å². The second kappa shape index (κ2) is 11.0. The van der Waals surface area contributed by atoms with Gasteiger partial charge in [-0.15, -0.1) is 0 Å². The molecule has 5 rings (SSSR count). The highest BCUT2D eigenvalue weighted by Gasteiger charge is 2.42. The normalized spacial score (nSPS) is 19.8. The van der Waals surface area contributed by atoms with Crippen LogP contribution in [0.3, 0.4) is 0 Å². The average Bonchev–Trinajstić information content (AvgIpc) is 3.42. The first-order chi connectivity index (χ1) is 17.9. The van der Waals surface area contributed by atoms with E-state index in [4.69, 9.17) is 9.47 Å². The number of aryl methyl sites for hydroxylation is 1. The van der Waals surface area contributed by atoms with Crippen molar-refractivity contribution in [3.05, 3.63) is 75.6 Å². The lowest BCUT2D eigenvalue weighted by Gasteiger charge is -2.29. The predicted octanol–water partition coefficient (Wildman–Crippen LogP) is 4.54. The Labute approximate surface area is 227 Å². The standard InChI is InChI=1S/C27H26BrN3O5S/c1-17-13-19(7-8-22(17)30-11-12-35-16-24(30)32)31-15-21(29-27(34)36-25-10-9-23(28)37-25)20(26(31)33)14-18-5-3-2-4-6-18/h2-10,13,20-21H,11-12,14-16H2,1H3,(H,29,34). The van der Waals surface area contributed by atoms with Crippen molar-refractivity contribution < 1.29 is 23.9 Å². The molecule has 0 spiro atoms. The molecule has 2 aliphatic heterocycles. The Balaban J connectivity index is 1.37. The number of carbonyl (C=O) groups is 3. The van der Waals surface area contributed by atoms with Gasteiger partial charge in [0.05, 0.1) is 22.4 Å². The minimum atomic E-state index is -0.593. The molecular weight excluding hydrogens is 558 g/mol. The Morgan fingerprint density at radius 2 is 1.95 bits per heavy atom. The molecule has 8 nitrogen and oxygen atoms in total. The van der Waals surface area contributed by atoms with Crippen molar-refractivity contribution in [3.8, 4) is 5.06 Å². The van der Waals surface area contributed by atoms with Gasteiger partial charge in [-0.25, -0.2) is 4.79 Å². The van der Waals surface area contributed by atoms with Crippen molar-refractivity contribution in [1.82, 2.24) is 5.32 Å². The lowest BCUT2D eigenvalue weighted by molar-refractivity contribution is -0.125. The smallest absolute Gasteiger partial charge is 0.399 e. The number of nitrogens with one attached hydrogen (secondary N) is 1. The number of carbonyl (C=O) groups excluding carboxylic acids is 3. The molecule has 192 valence electrons. The lowest BCUT2D eigenvalue weighted by atomic mass is 9.94. The van der Waals surface area contributed by atoms with Crippen molar-refractivity contribution >= 4 is 56.5 Å². The highest BCUT2D eigenvalue weighted by atomic mass is 79.9. The van der Waals surface area contributed by atoms with Gasteiger partial charge in [-0.3, -0.25) is 9.59 Å². The van der Waals surface area contributed by atoms with E-state index in [2.05, 4.69) is 21.2 Å². The molecule has 10 heteroatoms. The molecule has 0 radical (unpaired) electrons. The van der Waals surface area contributed by atoms with E-state index in [0.29, 0.717) is 31.2 Å². The summed E-state index contributed by atoms with van der Waals surface area (Å²) in [7, 11) is 0. The Kier molecular flexibility index (Phi) is 7.59. The summed E-state index contributed by atoms with van der Waals surface area (Å²) in [5, 5.41) is 3.39. The van der Waals surface area contributed by atoms with E-state index < -0.39 is 18.1 Å². The SMILES string of the molecule is Cc1cc(N2CC(NC(=O)Oc3ccc(Br)s3)C(Cc3ccccc3)C2=O)ccc1N1CCOCC1=O. The third-order valence-corrected chi connectivity index (χ3v) is 8.06. The number of thiophene rings is 1. The molecule has 0 bridgehead atoms. The van der Waals surface area contributed by atoms with Gasteiger partial charge in [0, 0.05) is 24.5 Å². The van der Waals surface area contributed by atoms with Crippen molar-refractivity contribution in [1.29, 1.82) is 0 Å². The van der Waals surface area contributed by atoms with Crippen LogP contribution >= 0.6 is 27.3 Å². The summed E-state index contributed by atoms with van der Waals surface area (Å²) >= 11 is 4.68. The van der Waals surface area contributed by atoms with Crippen LogP contribution in [-0.4, -0.2) is 50.3 Å². The molecule has 2 aliphatic rings. The summed E-state index contributed by atoms with van der Waals surface area (Å²) in [5.41, 5.74) is 3.44. The quantitative estimate of drug-likeness (QED) is 0.460. The summed E-state index contributed by atoms with van der Waals surface area (Å²) in [6.07, 6.45) is -0.102. The molecule has 2 fully saturated rings. The number of nitrogens with zero attached hydrogens (tertiary/aromatic N) is 2. The summed E-state index contributed by atoms with van der Waals surface area (Å²) < 4.78 is 11.5. The lowest BCUT2D eigenvalue weighted by Crippen LogP contribution is -2.42. The van der Waals surface area contributed by atoms with Crippen molar-refractivity contribution in [2.75, 3.05) is 36.1 Å². The van der Waals surface area contributed by atoms with Gasteiger partial charge in [0.1, 0.15) is 6.61 Å². The van der Waals surface area contributed by atoms with Crippen LogP contribution in [0.4, 0.5) is 16.2 Å². The van der Waals surface area contributed by atoms with Gasteiger partial charge in [-0.2, -0.15) is 0 Å². The number of halogens is 1. The van der Waals surface area contributed by atoms with Crippen LogP contribution < -0.4 is 19.9 Å². The van der Waals surface area contributed by atoms with E-state index in [1.807, 2.05) is 61.5 Å². The molecular formula is C27H26BrN3O5S. The van der Waals surface area contributed by atoms with Gasteiger partial charge in [0.15, 0.2) is 5.06 Å². The van der Waals surface area contributed by atoms with Crippen LogP contribution in [0.5, 0.6) is 5.06 Å². The van der Waals surface area contributed by atoms with E-state index in [-0.39, 0.29) is 18.4 Å². The van der Waals surface area contributed by atoms with Crippen LogP contribution in [-0.2, 0) is 20.7 Å². The largest absolute Gasteiger partial charge is 0.413 e. The Bertz CT molecular complexity index is 1310. The molecule has 3 heterocycles. The number of morpholine rings is 1. The molecule has 0 saturated carbocycles. The van der Waals surface area contributed by atoms with Gasteiger partial charge in [-0.05, 0) is 70.7 Å². The molecule has 0 aliphatic carbocycles. The Morgan fingerprint density at radius 1 is 1.14 bits per heavy atom. The number of benzene rings is 2. The number of amides is 3. The summed E-state index contributed by atoms with van der Waals surface area (Å²) in [6.45, 7) is 3.30. The number of hydrogen-bond donors (Lipinski definition) is 1. The van der Waals surface area contributed by atoms with Gasteiger partial charge >= 0.3 is 6.09 Å². The van der Waals surface area contributed by atoms with Crippen LogP contribution in [0, 0.1) is 12.8 Å². The van der Waals surface area contributed by atoms with Crippen LogP contribution in [0.25, 0.3) is 0 Å². The van der Waals surface area contributed by atoms with E-state index in [1.54, 1.807) is 15.9 Å². The van der Waals surface area contributed by atoms with Crippen molar-refractivity contribution in [2.24, 2.45) is 5.92 Å². The second-order valence-electron chi connectivity index (χ2n) is 9.01. The van der Waals surface area contributed by atoms with Crippen molar-refractivity contribution in [2.45, 2.75) is 19.4 Å². The number of rotatable bonds is 6. The van der Waals surface area contributed by atoms with Crippen LogP contribution in [0.2, 0.25) is 0 Å². The minimum Gasteiger partial charge on any atom is -0.399 e. The maximum absolute atomic E-state index is 13.7. The molecule has 2 saturated heterocycles. The first-order valence-electron chi connectivity index (χ1n) is 12.0. The zero-order chi connectivity index (χ0) is 25.9. The second-order valence-corrected chi connectivity index (χ2v) is 11.4. The highest BCUT2D eigenvalue weighted by molar-refractivity contribution is 9.11. The molecule has 1 N–H and O–H groups in total. The fourth-order valence-electron chi connectivity index (χ4n) is 4.77. The van der Waals surface area contributed by atoms with Gasteiger partial charge in [0.2, 0.25) is 5.91 Å². The zero-order valence-corrected chi connectivity index (χ0v) is 22.6. The van der Waals surface area contributed by atoms with Crippen LogP contribution in [0.1, 0.15) is 11.1 Å². The molecule has 2 aromatic carbocycles. The molecule has 2 unspecified atom stereocenters. The van der Waals surface area contributed by atoms with Gasteiger partial charge < -0.3 is 24.6 Å². The number of anilines is 2. The minimum absolute atomic E-state index is 0.0670. The van der Waals surface area contributed by atoms with E-state index >= 15 is 0 Å². The van der Waals surface area contributed by atoms with Gasteiger partial charge in [0.25, 0.3) is 5.91 Å². The molecule has 37 heavy (non-hydrogen) atoms. The van der Waals surface area contributed by atoms with Crippen molar-refractivity contribution in [3.63, 3.8) is 0 Å². The number of hydrogen-bond acceptors (Lipinski definition) is 6. The third kappa shape index (κ3) is 5.71. The summed E-state index contributed by atoms with van der Waals surface area (Å²) in [6, 6.07) is 18.5. The first kappa shape index (κ1) is 25.4. The van der Waals surface area contributed by atoms with E-state index in [1.165, 1.54) is 11.3 Å². The first-order valence-corrected chi connectivity index (χ1v) is 13.6. The summed E-state index contributed by atoms with van der Waals surface area (Å²) in [5.74, 6) is -0.601. The maximum atomic E-state index is 13.7. The topological polar surface area (TPSA) is 88.2 Å². The highest BCUT2D eigenvalue weighted by Crippen LogP contribution is 2.33. The fourth-order valence-corrected chi connectivity index (χ4v) is 5.96. The molecule has 3 aromatic rings. The van der Waals surface area contributed by atoms with E-state index in [9.17, 15) is 14.4 Å². The molecule has 1 aromatic heterocycles. The third-order valence-electron chi connectivity index (χ3n) is 6.56. The Hall–Kier alpha value is -3.21. The van der Waals surface area contributed by atoms with E-state index in [0.717, 1.165) is 26.3 Å².